The molecule has 0 N–H and O–H groups in total. The molecule has 4 unspecified atom stereocenters. The van der Waals surface area contributed by atoms with Crippen LogP contribution in [0.25, 0.3) is 0 Å². The van der Waals surface area contributed by atoms with Crippen molar-refractivity contribution in [1.82, 2.24) is 0 Å². The van der Waals surface area contributed by atoms with E-state index in [4.69, 9.17) is 17.0 Å². The molecule has 0 radical (unpaired) electrons. The van der Waals surface area contributed by atoms with E-state index in [1.54, 1.807) is 0 Å². The molecule has 2 rings (SSSR count). The molecule has 134 valence electrons. The van der Waals surface area contributed by atoms with Crippen LogP contribution in [0.5, 0.6) is 0 Å². The molecule has 0 nitrogen and oxygen atoms in total. The van der Waals surface area contributed by atoms with Crippen LogP contribution in [0.1, 0.15) is 79.6 Å². The average molecular weight is 431 g/mol. The molecule has 4 atom stereocenters. The van der Waals surface area contributed by atoms with Crippen molar-refractivity contribution in [1.29, 1.82) is 0 Å². The summed E-state index contributed by atoms with van der Waals surface area (Å²) in [6.07, 6.45) is 10.4. The molecule has 0 amide bonds. The molecule has 0 aromatic rings. The van der Waals surface area contributed by atoms with Gasteiger partial charge in [0.05, 0.1) is 0 Å². The van der Waals surface area contributed by atoms with Crippen molar-refractivity contribution in [3.05, 3.63) is 14.9 Å². The van der Waals surface area contributed by atoms with E-state index in [2.05, 4.69) is 34.6 Å². The first-order valence-electron chi connectivity index (χ1n) is 8.44. The van der Waals surface area contributed by atoms with Crippen molar-refractivity contribution in [2.45, 2.75) is 79.6 Å². The Morgan fingerprint density at radius 2 is 1.23 bits per heavy atom. The summed E-state index contributed by atoms with van der Waals surface area (Å²) in [7, 11) is 9.87. The molecule has 2 saturated carbocycles. The molecule has 0 saturated heterocycles. The zero-order valence-electron chi connectivity index (χ0n) is 16.1. The van der Waals surface area contributed by atoms with Crippen LogP contribution in [-0.2, 0) is 20.8 Å². The Kier molecular flexibility index (Phi) is 22.2. The van der Waals surface area contributed by atoms with Crippen molar-refractivity contribution >= 4 is 17.0 Å². The molecule has 0 aromatic carbocycles. The molecular weight excluding hydrogens is 390 g/mol. The van der Waals surface area contributed by atoms with Gasteiger partial charge in [0.2, 0.25) is 0 Å². The first-order chi connectivity index (χ1) is 9.47. The minimum absolute atomic E-state index is 0. The summed E-state index contributed by atoms with van der Waals surface area (Å²) in [4.78, 5) is 0. The van der Waals surface area contributed by atoms with E-state index in [0.717, 1.165) is 29.6 Å². The summed E-state index contributed by atoms with van der Waals surface area (Å²) in [5, 5.41) is 0. The topological polar surface area (TPSA) is 0 Å². The van der Waals surface area contributed by atoms with Crippen LogP contribution < -0.4 is 0 Å². The fraction of sp³-hybridized carbons (Fsp3) is 0.895. The van der Waals surface area contributed by atoms with E-state index < -0.39 is 20.8 Å². The summed E-state index contributed by atoms with van der Waals surface area (Å²) >= 11 is -0.826. The molecule has 0 spiro atoms. The van der Waals surface area contributed by atoms with Crippen LogP contribution in [-0.4, -0.2) is 0 Å². The Bertz CT molecular complexity index is 205. The van der Waals surface area contributed by atoms with E-state index in [1.165, 1.54) is 44.9 Å². The van der Waals surface area contributed by atoms with Gasteiger partial charge in [-0.25, -0.2) is 0 Å². The van der Waals surface area contributed by atoms with Gasteiger partial charge in [0, 0.05) is 0 Å². The molecule has 2 fully saturated rings. The molecule has 0 aliphatic heterocycles. The van der Waals surface area contributed by atoms with Gasteiger partial charge in [0.25, 0.3) is 0 Å². The summed E-state index contributed by atoms with van der Waals surface area (Å²) in [5.74, 6) is 4.96. The fourth-order valence-electron chi connectivity index (χ4n) is 3.76. The van der Waals surface area contributed by atoms with E-state index in [9.17, 15) is 0 Å². The van der Waals surface area contributed by atoms with Gasteiger partial charge in [-0.2, -0.15) is 0 Å². The second-order valence-electron chi connectivity index (χ2n) is 6.92. The Labute approximate surface area is 161 Å². The summed E-state index contributed by atoms with van der Waals surface area (Å²) in [5.41, 5.74) is 0. The second-order valence-corrected chi connectivity index (χ2v) is 10.7. The summed E-state index contributed by atoms with van der Waals surface area (Å²) in [6, 6.07) is 0. The van der Waals surface area contributed by atoms with Crippen molar-refractivity contribution in [2.75, 3.05) is 0 Å². The second kappa shape index (κ2) is 17.3. The fourth-order valence-corrected chi connectivity index (χ4v) is 3.76. The first-order valence-corrected chi connectivity index (χ1v) is 14.8. The zero-order chi connectivity index (χ0) is 15.5. The Hall–Kier alpha value is 1.46. The van der Waals surface area contributed by atoms with E-state index in [1.807, 2.05) is 0 Å². The third kappa shape index (κ3) is 11.9. The van der Waals surface area contributed by atoms with Crippen LogP contribution in [0.15, 0.2) is 0 Å². The standard InChI is InChI=1S/C9H18.C8H16.2CH3.2ClH.Zr/c1-6-5-7(2)9(4)8(6)3;1-2-5-8-6-3-4-7-8;;;;;/h6-9H,5H2,1-4H3;8H,2-7H2,1H3;2*1H3;2*1H;/q;;2*-1;;;+4/p-2. The van der Waals surface area contributed by atoms with Crippen molar-refractivity contribution in [2.24, 2.45) is 29.6 Å². The SMILES string of the molecule is CC1CC(C)C(C)C1C.CCCC1CCCC1.[CH3-].[CH3-].[Cl][Zr+2][Cl]. The first kappa shape index (κ1) is 28.3. The Morgan fingerprint density at radius 1 is 0.864 bits per heavy atom. The predicted molar refractivity (Wildman–Crippen MR) is 103 cm³/mol. The molecule has 3 heteroatoms. The van der Waals surface area contributed by atoms with E-state index in [0.29, 0.717) is 0 Å². The molecule has 2 aliphatic carbocycles. The van der Waals surface area contributed by atoms with Crippen molar-refractivity contribution in [3.8, 4) is 0 Å². The van der Waals surface area contributed by atoms with Gasteiger partial charge < -0.3 is 14.9 Å². The molecule has 0 bridgehead atoms. The molecule has 0 heterocycles. The van der Waals surface area contributed by atoms with Crippen LogP contribution >= 0.6 is 17.0 Å². The third-order valence-electron chi connectivity index (χ3n) is 5.54. The molecule has 2 aliphatic rings. The summed E-state index contributed by atoms with van der Waals surface area (Å²) in [6.45, 7) is 11.8. The normalized spacial score (nSPS) is 29.8. The summed E-state index contributed by atoms with van der Waals surface area (Å²) < 4.78 is 0. The number of rotatable bonds is 2. The maximum atomic E-state index is 4.93. The maximum absolute atomic E-state index is 4.93. The van der Waals surface area contributed by atoms with Gasteiger partial charge in [-0.3, -0.25) is 0 Å². The van der Waals surface area contributed by atoms with Crippen LogP contribution in [0.2, 0.25) is 0 Å². The van der Waals surface area contributed by atoms with Crippen molar-refractivity contribution < 1.29 is 20.8 Å². The minimum atomic E-state index is -0.826. The van der Waals surface area contributed by atoms with Gasteiger partial charge >= 0.3 is 37.9 Å². The molecule has 0 aromatic heterocycles. The van der Waals surface area contributed by atoms with Gasteiger partial charge in [0.15, 0.2) is 0 Å². The number of hydrogen-bond donors (Lipinski definition) is 0. The quantitative estimate of drug-likeness (QED) is 0.387. The van der Waals surface area contributed by atoms with Crippen molar-refractivity contribution in [3.63, 3.8) is 0 Å². The predicted octanol–water partition coefficient (Wildman–Crippen LogP) is 8.19. The number of halogens is 2. The van der Waals surface area contributed by atoms with E-state index >= 15 is 0 Å². The van der Waals surface area contributed by atoms with E-state index in [-0.39, 0.29) is 14.9 Å². The van der Waals surface area contributed by atoms with Gasteiger partial charge in [0.1, 0.15) is 0 Å². The number of hydrogen-bond acceptors (Lipinski definition) is 0. The molecular formula is C19H40Cl2Zr. The van der Waals surface area contributed by atoms with Gasteiger partial charge in [-0.05, 0) is 36.0 Å². The molecule has 22 heavy (non-hydrogen) atoms. The van der Waals surface area contributed by atoms with Crippen LogP contribution in [0.3, 0.4) is 0 Å². The zero-order valence-corrected chi connectivity index (χ0v) is 20.1. The Balaban J connectivity index is -0.000000260. The van der Waals surface area contributed by atoms with Crippen LogP contribution in [0.4, 0.5) is 0 Å². The average Bonchev–Trinajstić information content (AvgIpc) is 2.98. The van der Waals surface area contributed by atoms with Gasteiger partial charge in [-0.15, -0.1) is 0 Å². The monoisotopic (exact) mass is 428 g/mol. The van der Waals surface area contributed by atoms with Crippen LogP contribution in [0, 0.1) is 44.4 Å². The Morgan fingerprint density at radius 3 is 1.45 bits per heavy atom. The van der Waals surface area contributed by atoms with Gasteiger partial charge in [-0.1, -0.05) is 73.1 Å². The third-order valence-corrected chi connectivity index (χ3v) is 5.54.